The van der Waals surface area contributed by atoms with Gasteiger partial charge in [0, 0.05) is 34.6 Å². The average Bonchev–Trinajstić information content (AvgIpc) is 3.40. The molecule has 0 spiro atoms. The van der Waals surface area contributed by atoms with Crippen molar-refractivity contribution in [2.45, 2.75) is 19.9 Å². The monoisotopic (exact) mass is 404 g/mol. The summed E-state index contributed by atoms with van der Waals surface area (Å²) in [6.07, 6.45) is 2.00. The third-order valence-electron chi connectivity index (χ3n) is 5.42. The second kappa shape index (κ2) is 8.13. The molecule has 1 amide bonds. The molecule has 1 N–H and O–H groups in total. The van der Waals surface area contributed by atoms with E-state index in [1.807, 2.05) is 68.9 Å². The molecule has 4 rings (SSSR count). The number of para-hydroxylation sites is 1. The number of hydrogen-bond donors (Lipinski definition) is 1. The topological polar surface area (TPSA) is 45.3 Å². The number of amides is 1. The number of benzene rings is 2. The Kier molecular flexibility index (Phi) is 5.41. The molecule has 0 saturated carbocycles. The van der Waals surface area contributed by atoms with Crippen LogP contribution < -0.4 is 4.74 Å². The second-order valence-corrected chi connectivity index (χ2v) is 8.18. The van der Waals surface area contributed by atoms with Crippen LogP contribution in [0.3, 0.4) is 0 Å². The number of nitrogens with one attached hydrogen (secondary N) is 1. The molecule has 0 bridgehead atoms. The van der Waals surface area contributed by atoms with Gasteiger partial charge in [0.1, 0.15) is 5.75 Å². The highest BCUT2D eigenvalue weighted by Crippen LogP contribution is 2.35. The maximum absolute atomic E-state index is 13.1. The molecule has 0 aliphatic heterocycles. The first-order valence-corrected chi connectivity index (χ1v) is 10.5. The molecular weight excluding hydrogens is 380 g/mol. The highest BCUT2D eigenvalue weighted by atomic mass is 32.1. The lowest BCUT2D eigenvalue weighted by Crippen LogP contribution is -2.35. The van der Waals surface area contributed by atoms with Crippen LogP contribution in [0.25, 0.3) is 10.9 Å². The van der Waals surface area contributed by atoms with Crippen molar-refractivity contribution >= 4 is 28.1 Å². The molecule has 0 saturated heterocycles. The van der Waals surface area contributed by atoms with Gasteiger partial charge in [0.25, 0.3) is 5.91 Å². The molecule has 2 aromatic carbocycles. The zero-order valence-corrected chi connectivity index (χ0v) is 17.6. The minimum atomic E-state index is -0.166. The van der Waals surface area contributed by atoms with Crippen molar-refractivity contribution in [2.24, 2.45) is 0 Å². The van der Waals surface area contributed by atoms with E-state index >= 15 is 0 Å². The van der Waals surface area contributed by atoms with Crippen molar-refractivity contribution in [3.8, 4) is 5.75 Å². The van der Waals surface area contributed by atoms with Gasteiger partial charge in [-0.1, -0.05) is 36.4 Å². The first kappa shape index (κ1) is 19.3. The Morgan fingerprint density at radius 1 is 1.10 bits per heavy atom. The van der Waals surface area contributed by atoms with E-state index in [0.717, 1.165) is 38.2 Å². The first-order valence-electron chi connectivity index (χ1n) is 9.60. The van der Waals surface area contributed by atoms with Crippen molar-refractivity contribution in [1.29, 1.82) is 0 Å². The van der Waals surface area contributed by atoms with Gasteiger partial charge in [-0.15, -0.1) is 11.3 Å². The van der Waals surface area contributed by atoms with E-state index in [1.54, 1.807) is 16.2 Å². The number of nitrogens with zero attached hydrogens (tertiary/aromatic N) is 1. The summed E-state index contributed by atoms with van der Waals surface area (Å²) in [7, 11) is 1.85. The number of aromatic amines is 1. The number of thiophene rings is 1. The third-order valence-corrected chi connectivity index (χ3v) is 6.34. The number of aromatic nitrogens is 1. The van der Waals surface area contributed by atoms with Crippen LogP contribution in [-0.2, 0) is 4.79 Å². The molecule has 148 valence electrons. The van der Waals surface area contributed by atoms with E-state index in [-0.39, 0.29) is 18.6 Å². The van der Waals surface area contributed by atoms with Crippen molar-refractivity contribution < 1.29 is 9.53 Å². The summed E-state index contributed by atoms with van der Waals surface area (Å²) in [5.41, 5.74) is 4.37. The molecule has 2 heterocycles. The summed E-state index contributed by atoms with van der Waals surface area (Å²) in [5.74, 6) is 0.695. The van der Waals surface area contributed by atoms with E-state index < -0.39 is 0 Å². The molecule has 0 aliphatic carbocycles. The minimum absolute atomic E-state index is 0.00498. The maximum atomic E-state index is 13.1. The summed E-state index contributed by atoms with van der Waals surface area (Å²) in [4.78, 5) is 19.3. The molecule has 4 aromatic rings. The predicted octanol–water partition coefficient (Wildman–Crippen LogP) is 5.47. The van der Waals surface area contributed by atoms with Gasteiger partial charge in [-0.3, -0.25) is 4.79 Å². The summed E-state index contributed by atoms with van der Waals surface area (Å²) >= 11 is 1.65. The van der Waals surface area contributed by atoms with Crippen LogP contribution in [0.5, 0.6) is 5.75 Å². The van der Waals surface area contributed by atoms with E-state index in [2.05, 4.69) is 23.2 Å². The number of ether oxygens (including phenoxy) is 1. The Morgan fingerprint density at radius 3 is 2.72 bits per heavy atom. The van der Waals surface area contributed by atoms with Crippen LogP contribution in [-0.4, -0.2) is 29.4 Å². The first-order chi connectivity index (χ1) is 14.1. The summed E-state index contributed by atoms with van der Waals surface area (Å²) < 4.78 is 5.88. The number of H-pyrrole nitrogens is 1. The van der Waals surface area contributed by atoms with Gasteiger partial charge in [0.05, 0.1) is 6.04 Å². The van der Waals surface area contributed by atoms with E-state index in [4.69, 9.17) is 4.74 Å². The standard InChI is InChI=1S/C24H24N2O2S/c1-16-8-6-11-21(17(16)2)28-15-23(27)26(3)24(22-12-7-13-29-22)19-14-25-20-10-5-4-9-18(19)20/h4-14,24-25H,15H2,1-3H3. The number of aryl methyl sites for hydroxylation is 1. The summed E-state index contributed by atoms with van der Waals surface area (Å²) in [6.45, 7) is 4.06. The molecular formula is C24H24N2O2S. The number of carbonyl (C=O) groups excluding carboxylic acids is 1. The van der Waals surface area contributed by atoms with Crippen LogP contribution in [0, 0.1) is 13.8 Å². The van der Waals surface area contributed by atoms with Crippen LogP contribution in [0.1, 0.15) is 27.6 Å². The molecule has 1 atom stereocenters. The number of likely N-dealkylation sites (N-methyl/N-ethyl adjacent to an activating group) is 1. The Balaban J connectivity index is 1.61. The van der Waals surface area contributed by atoms with Gasteiger partial charge in [-0.05, 0) is 48.6 Å². The Hall–Kier alpha value is -3.05. The molecule has 0 radical (unpaired) electrons. The maximum Gasteiger partial charge on any atom is 0.261 e. The summed E-state index contributed by atoms with van der Waals surface area (Å²) in [5, 5.41) is 3.17. The lowest BCUT2D eigenvalue weighted by molar-refractivity contribution is -0.133. The lowest BCUT2D eigenvalue weighted by Gasteiger charge is -2.27. The molecule has 4 nitrogen and oxygen atoms in total. The van der Waals surface area contributed by atoms with Crippen LogP contribution in [0.4, 0.5) is 0 Å². The van der Waals surface area contributed by atoms with Gasteiger partial charge >= 0.3 is 0 Å². The number of fused-ring (bicyclic) bond motifs is 1. The molecule has 0 fully saturated rings. The Morgan fingerprint density at radius 2 is 1.93 bits per heavy atom. The van der Waals surface area contributed by atoms with Crippen molar-refractivity contribution in [3.63, 3.8) is 0 Å². The normalized spacial score (nSPS) is 12.1. The zero-order valence-electron chi connectivity index (χ0n) is 16.8. The quantitative estimate of drug-likeness (QED) is 0.463. The van der Waals surface area contributed by atoms with Crippen molar-refractivity contribution in [1.82, 2.24) is 9.88 Å². The Bertz CT molecular complexity index is 1130. The minimum Gasteiger partial charge on any atom is -0.483 e. The fraction of sp³-hybridized carbons (Fsp3) is 0.208. The second-order valence-electron chi connectivity index (χ2n) is 7.20. The van der Waals surface area contributed by atoms with E-state index in [9.17, 15) is 4.79 Å². The van der Waals surface area contributed by atoms with Crippen LogP contribution >= 0.6 is 11.3 Å². The fourth-order valence-electron chi connectivity index (χ4n) is 3.59. The van der Waals surface area contributed by atoms with Gasteiger partial charge in [-0.2, -0.15) is 0 Å². The van der Waals surface area contributed by atoms with Gasteiger partial charge in [0.15, 0.2) is 6.61 Å². The highest BCUT2D eigenvalue weighted by Gasteiger charge is 2.27. The smallest absolute Gasteiger partial charge is 0.261 e. The highest BCUT2D eigenvalue weighted by molar-refractivity contribution is 7.10. The molecule has 5 heteroatoms. The third kappa shape index (κ3) is 3.78. The van der Waals surface area contributed by atoms with Gasteiger partial charge < -0.3 is 14.6 Å². The van der Waals surface area contributed by atoms with Crippen molar-refractivity contribution in [3.05, 3.63) is 87.7 Å². The van der Waals surface area contributed by atoms with E-state index in [1.165, 1.54) is 0 Å². The van der Waals surface area contributed by atoms with Gasteiger partial charge in [-0.25, -0.2) is 0 Å². The fourth-order valence-corrected chi connectivity index (χ4v) is 4.47. The number of hydrogen-bond acceptors (Lipinski definition) is 3. The molecule has 29 heavy (non-hydrogen) atoms. The number of rotatable bonds is 6. The molecule has 0 aliphatic rings. The SMILES string of the molecule is Cc1cccc(OCC(=O)N(C)C(c2cccs2)c2c[nH]c3ccccc23)c1C. The summed E-state index contributed by atoms with van der Waals surface area (Å²) in [6, 6.07) is 18.0. The largest absolute Gasteiger partial charge is 0.483 e. The lowest BCUT2D eigenvalue weighted by atomic mass is 10.0. The molecule has 1 unspecified atom stereocenters. The van der Waals surface area contributed by atoms with Gasteiger partial charge in [0.2, 0.25) is 0 Å². The van der Waals surface area contributed by atoms with Crippen molar-refractivity contribution in [2.75, 3.05) is 13.7 Å². The van der Waals surface area contributed by atoms with Crippen LogP contribution in [0.15, 0.2) is 66.2 Å². The zero-order chi connectivity index (χ0) is 20.4. The van der Waals surface area contributed by atoms with Crippen LogP contribution in [0.2, 0.25) is 0 Å². The molecule has 2 aromatic heterocycles. The average molecular weight is 405 g/mol. The predicted molar refractivity (Wildman–Crippen MR) is 119 cm³/mol. The number of carbonyl (C=O) groups is 1. The van der Waals surface area contributed by atoms with E-state index in [0.29, 0.717) is 0 Å². The Labute approximate surface area is 174 Å².